The fourth-order valence-electron chi connectivity index (χ4n) is 3.59. The van der Waals surface area contributed by atoms with Crippen LogP contribution in [0.1, 0.15) is 39.5 Å². The van der Waals surface area contributed by atoms with E-state index in [0.717, 1.165) is 52.4 Å². The van der Waals surface area contributed by atoms with E-state index in [-0.39, 0.29) is 0 Å². The van der Waals surface area contributed by atoms with Crippen LogP contribution in [0.5, 0.6) is 0 Å². The van der Waals surface area contributed by atoms with Gasteiger partial charge in [0.2, 0.25) is 0 Å². The van der Waals surface area contributed by atoms with Gasteiger partial charge in [0.15, 0.2) is 5.96 Å². The molecular formula is C18H37N5O. The maximum atomic E-state index is 6.06. The molecule has 140 valence electrons. The van der Waals surface area contributed by atoms with Crippen LogP contribution in [-0.4, -0.2) is 80.8 Å². The minimum Gasteiger partial charge on any atom is -0.379 e. The molecular weight excluding hydrogens is 302 g/mol. The molecule has 3 N–H and O–H groups in total. The lowest BCUT2D eigenvalue weighted by molar-refractivity contribution is 0.0376. The predicted octanol–water partition coefficient (Wildman–Crippen LogP) is 1.12. The minimum atomic E-state index is 0.543. The van der Waals surface area contributed by atoms with Crippen LogP contribution in [0.4, 0.5) is 0 Å². The number of rotatable bonds is 9. The first-order valence-electron chi connectivity index (χ1n) is 9.73. The van der Waals surface area contributed by atoms with E-state index in [1.165, 1.54) is 32.4 Å². The van der Waals surface area contributed by atoms with Crippen molar-refractivity contribution in [3.63, 3.8) is 0 Å². The summed E-state index contributed by atoms with van der Waals surface area (Å²) in [6.07, 6.45) is 4.95. The van der Waals surface area contributed by atoms with Crippen LogP contribution in [0.2, 0.25) is 0 Å². The first-order chi connectivity index (χ1) is 11.6. The first kappa shape index (κ1) is 19.5. The Morgan fingerprint density at radius 3 is 2.54 bits per heavy atom. The maximum Gasteiger partial charge on any atom is 0.188 e. The third-order valence-corrected chi connectivity index (χ3v) is 4.93. The van der Waals surface area contributed by atoms with Crippen LogP contribution in [0.15, 0.2) is 4.99 Å². The Balaban J connectivity index is 1.64. The molecule has 0 aromatic rings. The molecule has 1 atom stereocenters. The number of ether oxygens (including phenoxy) is 1. The second kappa shape index (κ2) is 10.9. The molecule has 2 saturated heterocycles. The molecule has 2 heterocycles. The lowest BCUT2D eigenvalue weighted by atomic mass is 10.0. The molecule has 24 heavy (non-hydrogen) atoms. The van der Waals surface area contributed by atoms with Crippen molar-refractivity contribution in [2.45, 2.75) is 45.6 Å². The van der Waals surface area contributed by atoms with Crippen molar-refractivity contribution in [1.82, 2.24) is 15.1 Å². The van der Waals surface area contributed by atoms with E-state index in [1.54, 1.807) is 0 Å². The van der Waals surface area contributed by atoms with Crippen LogP contribution >= 0.6 is 0 Å². The number of nitrogens with one attached hydrogen (secondary N) is 1. The molecule has 0 spiro atoms. The zero-order chi connectivity index (χ0) is 17.2. The maximum absolute atomic E-state index is 6.06. The van der Waals surface area contributed by atoms with E-state index in [4.69, 9.17) is 10.5 Å². The lowest BCUT2D eigenvalue weighted by Gasteiger charge is -2.28. The fourth-order valence-corrected chi connectivity index (χ4v) is 3.59. The van der Waals surface area contributed by atoms with Gasteiger partial charge < -0.3 is 15.8 Å². The van der Waals surface area contributed by atoms with Gasteiger partial charge in [0.05, 0.1) is 19.8 Å². The van der Waals surface area contributed by atoms with Crippen LogP contribution in [-0.2, 0) is 4.74 Å². The van der Waals surface area contributed by atoms with Gasteiger partial charge in [-0.05, 0) is 51.2 Å². The van der Waals surface area contributed by atoms with Crippen molar-refractivity contribution in [3.8, 4) is 0 Å². The number of hydrogen-bond acceptors (Lipinski definition) is 4. The molecule has 0 radical (unpaired) electrons. The predicted molar refractivity (Wildman–Crippen MR) is 100 cm³/mol. The van der Waals surface area contributed by atoms with Crippen molar-refractivity contribution >= 4 is 5.96 Å². The number of aliphatic imine (C=N–C) groups is 1. The van der Waals surface area contributed by atoms with Gasteiger partial charge in [-0.3, -0.25) is 14.8 Å². The third-order valence-electron chi connectivity index (χ3n) is 4.93. The molecule has 0 saturated carbocycles. The molecule has 2 aliphatic rings. The third kappa shape index (κ3) is 7.36. The van der Waals surface area contributed by atoms with Crippen molar-refractivity contribution < 1.29 is 4.74 Å². The summed E-state index contributed by atoms with van der Waals surface area (Å²) in [5.74, 6) is 1.30. The smallest absolute Gasteiger partial charge is 0.188 e. The summed E-state index contributed by atoms with van der Waals surface area (Å²) >= 11 is 0. The Labute approximate surface area is 147 Å². The highest BCUT2D eigenvalue weighted by molar-refractivity contribution is 5.77. The highest BCUT2D eigenvalue weighted by Gasteiger charge is 2.22. The molecule has 1 unspecified atom stereocenters. The summed E-state index contributed by atoms with van der Waals surface area (Å²) < 4.78 is 5.37. The average molecular weight is 340 g/mol. The molecule has 2 fully saturated rings. The highest BCUT2D eigenvalue weighted by atomic mass is 16.5. The Hall–Kier alpha value is -0.850. The molecule has 0 aromatic carbocycles. The molecule has 0 aromatic heterocycles. The summed E-state index contributed by atoms with van der Waals surface area (Å²) in [6, 6.07) is 0.543. The van der Waals surface area contributed by atoms with Crippen LogP contribution in [0.3, 0.4) is 0 Å². The number of morpholine rings is 1. The van der Waals surface area contributed by atoms with E-state index in [1.807, 2.05) is 0 Å². The summed E-state index contributed by atoms with van der Waals surface area (Å²) in [5, 5.41) is 3.27. The lowest BCUT2D eigenvalue weighted by Crippen LogP contribution is -2.40. The molecule has 6 nitrogen and oxygen atoms in total. The Bertz CT molecular complexity index is 362. The Kier molecular flexibility index (Phi) is 8.84. The SMILES string of the molecule is CC(C)CC(CN=C(N)NCCCN1CCOCC1)N1CCCC1. The van der Waals surface area contributed by atoms with Gasteiger partial charge in [-0.15, -0.1) is 0 Å². The van der Waals surface area contributed by atoms with E-state index >= 15 is 0 Å². The Morgan fingerprint density at radius 1 is 1.17 bits per heavy atom. The average Bonchev–Trinajstić information content (AvgIpc) is 3.10. The zero-order valence-corrected chi connectivity index (χ0v) is 15.7. The standard InChI is InChI=1S/C18H37N5O/c1-16(2)14-17(23-8-3-4-9-23)15-21-18(19)20-6-5-7-22-10-12-24-13-11-22/h16-17H,3-15H2,1-2H3,(H3,19,20,21). The van der Waals surface area contributed by atoms with Gasteiger partial charge in [-0.25, -0.2) is 0 Å². The van der Waals surface area contributed by atoms with Gasteiger partial charge in [-0.2, -0.15) is 0 Å². The zero-order valence-electron chi connectivity index (χ0n) is 15.7. The first-order valence-corrected chi connectivity index (χ1v) is 9.73. The largest absolute Gasteiger partial charge is 0.379 e. The van der Waals surface area contributed by atoms with E-state index < -0.39 is 0 Å². The van der Waals surface area contributed by atoms with E-state index in [9.17, 15) is 0 Å². The minimum absolute atomic E-state index is 0.543. The molecule has 2 rings (SSSR count). The molecule has 2 aliphatic heterocycles. The second-order valence-electron chi connectivity index (χ2n) is 7.49. The number of likely N-dealkylation sites (tertiary alicyclic amines) is 1. The summed E-state index contributed by atoms with van der Waals surface area (Å²) in [6.45, 7) is 13.7. The number of guanidine groups is 1. The Morgan fingerprint density at radius 2 is 1.88 bits per heavy atom. The normalized spacial score (nSPS) is 22.2. The van der Waals surface area contributed by atoms with Gasteiger partial charge >= 0.3 is 0 Å². The van der Waals surface area contributed by atoms with Gasteiger partial charge in [0.25, 0.3) is 0 Å². The summed E-state index contributed by atoms with van der Waals surface area (Å²) in [4.78, 5) is 9.66. The summed E-state index contributed by atoms with van der Waals surface area (Å²) in [7, 11) is 0. The van der Waals surface area contributed by atoms with E-state index in [2.05, 4.69) is 34.0 Å². The fraction of sp³-hybridized carbons (Fsp3) is 0.944. The monoisotopic (exact) mass is 339 g/mol. The van der Waals surface area contributed by atoms with Gasteiger partial charge in [0.1, 0.15) is 0 Å². The quantitative estimate of drug-likeness (QED) is 0.374. The van der Waals surface area contributed by atoms with Crippen LogP contribution in [0.25, 0.3) is 0 Å². The van der Waals surface area contributed by atoms with Crippen molar-refractivity contribution in [2.75, 3.05) is 59.0 Å². The number of hydrogen-bond donors (Lipinski definition) is 2. The van der Waals surface area contributed by atoms with Crippen LogP contribution < -0.4 is 11.1 Å². The topological polar surface area (TPSA) is 66.1 Å². The van der Waals surface area contributed by atoms with E-state index in [0.29, 0.717) is 17.9 Å². The van der Waals surface area contributed by atoms with Crippen molar-refractivity contribution in [1.29, 1.82) is 0 Å². The molecule has 0 aliphatic carbocycles. The van der Waals surface area contributed by atoms with Crippen LogP contribution in [0, 0.1) is 5.92 Å². The number of nitrogens with zero attached hydrogens (tertiary/aromatic N) is 3. The molecule has 0 amide bonds. The summed E-state index contributed by atoms with van der Waals surface area (Å²) in [5.41, 5.74) is 6.06. The van der Waals surface area contributed by atoms with Crippen molar-refractivity contribution in [3.05, 3.63) is 0 Å². The van der Waals surface area contributed by atoms with Gasteiger partial charge in [0, 0.05) is 25.7 Å². The molecule has 0 bridgehead atoms. The highest BCUT2D eigenvalue weighted by Crippen LogP contribution is 2.18. The van der Waals surface area contributed by atoms with Gasteiger partial charge in [-0.1, -0.05) is 13.8 Å². The number of nitrogens with two attached hydrogens (primary N) is 1. The molecule has 6 heteroatoms. The second-order valence-corrected chi connectivity index (χ2v) is 7.49. The van der Waals surface area contributed by atoms with Crippen molar-refractivity contribution in [2.24, 2.45) is 16.6 Å².